The number of hydrogen-bond donors (Lipinski definition) is 3. The van der Waals surface area contributed by atoms with E-state index in [9.17, 15) is 23.8 Å². The van der Waals surface area contributed by atoms with Crippen molar-refractivity contribution < 1.29 is 47.5 Å². The van der Waals surface area contributed by atoms with Crippen LogP contribution >= 0.6 is 7.82 Å². The third-order valence-electron chi connectivity index (χ3n) is 8.42. The van der Waals surface area contributed by atoms with Crippen LogP contribution in [0.15, 0.2) is 24.3 Å². The zero-order valence-electron chi connectivity index (χ0n) is 31.9. The van der Waals surface area contributed by atoms with Crippen LogP contribution in [-0.2, 0) is 37.5 Å². The predicted molar refractivity (Wildman–Crippen MR) is 203 cm³/mol. The summed E-state index contributed by atoms with van der Waals surface area (Å²) in [6.45, 7) is 2.74. The first-order valence-corrected chi connectivity index (χ1v) is 21.4. The Kier molecular flexibility index (Phi) is 33.6. The second kappa shape index (κ2) is 35.0. The molecule has 0 aromatic heterocycles. The summed E-state index contributed by atoms with van der Waals surface area (Å²) >= 11 is 0. The van der Waals surface area contributed by atoms with Crippen LogP contribution in [0.4, 0.5) is 0 Å². The first kappa shape index (κ1) is 49.0. The number of rotatable bonds is 37. The number of hydrogen-bond acceptors (Lipinski definition) is 9. The molecule has 51 heavy (non-hydrogen) atoms. The number of unbranched alkanes of at least 4 members (excludes halogenated alkanes) is 19. The molecule has 0 aliphatic heterocycles. The van der Waals surface area contributed by atoms with E-state index in [-0.39, 0.29) is 19.4 Å². The molecule has 0 aliphatic rings. The number of phosphoric ester groups is 1. The minimum atomic E-state index is -4.71. The summed E-state index contributed by atoms with van der Waals surface area (Å²) < 4.78 is 32.6. The maximum atomic E-state index is 12.6. The lowest BCUT2D eigenvalue weighted by molar-refractivity contribution is -0.161. The number of nitrogens with two attached hydrogens (primary N) is 1. The molecule has 0 aromatic carbocycles. The second-order valence-electron chi connectivity index (χ2n) is 13.4. The molecule has 0 aromatic rings. The largest absolute Gasteiger partial charge is 0.480 e. The van der Waals surface area contributed by atoms with Gasteiger partial charge in [0.15, 0.2) is 6.10 Å². The fourth-order valence-corrected chi connectivity index (χ4v) is 6.01. The number of carbonyl (C=O) groups is 3. The smallest absolute Gasteiger partial charge is 0.472 e. The van der Waals surface area contributed by atoms with Gasteiger partial charge in [-0.1, -0.05) is 122 Å². The number of esters is 2. The molecule has 4 N–H and O–H groups in total. The molecule has 0 fully saturated rings. The van der Waals surface area contributed by atoms with E-state index in [4.69, 9.17) is 24.8 Å². The SMILES string of the molecule is CCCCC/C=C/CCCCCCCC(=O)OC[C@H](COP(=O)(O)OC[C@H](N)C(=O)O)OC(=O)CCCCCCC/C=C/CCCCCCCC. The topological polar surface area (TPSA) is 172 Å². The van der Waals surface area contributed by atoms with Crippen LogP contribution in [0.3, 0.4) is 0 Å². The fourth-order valence-electron chi connectivity index (χ4n) is 5.23. The van der Waals surface area contributed by atoms with Crippen molar-refractivity contribution in [1.29, 1.82) is 0 Å². The van der Waals surface area contributed by atoms with Crippen molar-refractivity contribution in [2.75, 3.05) is 19.8 Å². The summed E-state index contributed by atoms with van der Waals surface area (Å²) in [5.41, 5.74) is 5.32. The number of ether oxygens (including phenoxy) is 2. The molecule has 0 bridgehead atoms. The Morgan fingerprint density at radius 2 is 0.980 bits per heavy atom. The molecule has 0 rings (SSSR count). The number of allylic oxidation sites excluding steroid dienone is 4. The number of phosphoric acid groups is 1. The molecule has 0 radical (unpaired) electrons. The van der Waals surface area contributed by atoms with Gasteiger partial charge in [0.1, 0.15) is 12.6 Å². The van der Waals surface area contributed by atoms with Crippen LogP contribution in [0.5, 0.6) is 0 Å². The molecule has 0 heterocycles. The van der Waals surface area contributed by atoms with Crippen molar-refractivity contribution >= 4 is 25.7 Å². The lowest BCUT2D eigenvalue weighted by atomic mass is 10.1. The third-order valence-corrected chi connectivity index (χ3v) is 9.37. The Hall–Kier alpha value is -2.04. The predicted octanol–water partition coefficient (Wildman–Crippen LogP) is 9.89. The molecule has 0 saturated carbocycles. The van der Waals surface area contributed by atoms with Crippen LogP contribution in [0.1, 0.15) is 174 Å². The lowest BCUT2D eigenvalue weighted by Crippen LogP contribution is -2.34. The van der Waals surface area contributed by atoms with Gasteiger partial charge in [-0.15, -0.1) is 0 Å². The van der Waals surface area contributed by atoms with Crippen molar-refractivity contribution in [1.82, 2.24) is 0 Å². The van der Waals surface area contributed by atoms with Crippen molar-refractivity contribution in [3.05, 3.63) is 24.3 Å². The quantitative estimate of drug-likeness (QED) is 0.0239. The Morgan fingerprint density at radius 1 is 0.588 bits per heavy atom. The summed E-state index contributed by atoms with van der Waals surface area (Å²) in [6.07, 6.45) is 33.9. The van der Waals surface area contributed by atoms with Gasteiger partial charge in [-0.05, 0) is 64.2 Å². The van der Waals surface area contributed by atoms with Gasteiger partial charge in [0.25, 0.3) is 0 Å². The van der Waals surface area contributed by atoms with Gasteiger partial charge < -0.3 is 25.2 Å². The standard InChI is InChI=1S/C39H72NO10P/c1-3-5-7-9-11-13-15-17-18-19-21-23-25-27-29-31-38(42)50-35(33-48-51(45,46)49-34-36(40)39(43)44)32-47-37(41)30-28-26-24-22-20-16-14-12-10-8-6-4-2/h12,14,17-18,35-36H,3-11,13,15-16,19-34,40H2,1-2H3,(H,43,44)(H,45,46)/b14-12+,18-17+/t35-,36+/m1/s1. The molecule has 0 amide bonds. The Balaban J connectivity index is 4.44. The van der Waals surface area contributed by atoms with Crippen molar-refractivity contribution in [3.8, 4) is 0 Å². The molecule has 298 valence electrons. The van der Waals surface area contributed by atoms with Crippen LogP contribution in [0.2, 0.25) is 0 Å². The average Bonchev–Trinajstić information content (AvgIpc) is 3.10. The molecule has 11 nitrogen and oxygen atoms in total. The number of carboxylic acids is 1. The summed E-state index contributed by atoms with van der Waals surface area (Å²) in [5.74, 6) is -2.40. The van der Waals surface area contributed by atoms with Gasteiger partial charge in [0.2, 0.25) is 0 Å². The normalized spacial score (nSPS) is 14.1. The van der Waals surface area contributed by atoms with Gasteiger partial charge in [0, 0.05) is 12.8 Å². The van der Waals surface area contributed by atoms with Crippen LogP contribution in [-0.4, -0.2) is 59.9 Å². The van der Waals surface area contributed by atoms with E-state index in [0.717, 1.165) is 77.0 Å². The van der Waals surface area contributed by atoms with Crippen LogP contribution < -0.4 is 5.73 Å². The molecular weight excluding hydrogens is 673 g/mol. The van der Waals surface area contributed by atoms with E-state index < -0.39 is 51.1 Å². The highest BCUT2D eigenvalue weighted by atomic mass is 31.2. The zero-order chi connectivity index (χ0) is 37.8. The van der Waals surface area contributed by atoms with E-state index in [1.54, 1.807) is 0 Å². The van der Waals surface area contributed by atoms with Crippen molar-refractivity contribution in [2.45, 2.75) is 187 Å². The number of carboxylic acid groups (broad SMARTS) is 1. The molecule has 0 saturated heterocycles. The molecule has 0 aliphatic carbocycles. The Bertz CT molecular complexity index is 974. The van der Waals surface area contributed by atoms with E-state index in [1.165, 1.54) is 57.8 Å². The average molecular weight is 746 g/mol. The van der Waals surface area contributed by atoms with Gasteiger partial charge in [-0.2, -0.15) is 0 Å². The molecular formula is C39H72NO10P. The zero-order valence-corrected chi connectivity index (χ0v) is 32.8. The third kappa shape index (κ3) is 34.8. The number of carbonyl (C=O) groups excluding carboxylic acids is 2. The van der Waals surface area contributed by atoms with Crippen LogP contribution in [0, 0.1) is 0 Å². The first-order valence-electron chi connectivity index (χ1n) is 19.9. The van der Waals surface area contributed by atoms with Crippen molar-refractivity contribution in [2.24, 2.45) is 5.73 Å². The molecule has 3 atom stereocenters. The maximum Gasteiger partial charge on any atom is 0.472 e. The summed E-state index contributed by atoms with van der Waals surface area (Å²) in [4.78, 5) is 45.8. The highest BCUT2D eigenvalue weighted by molar-refractivity contribution is 7.47. The van der Waals surface area contributed by atoms with Gasteiger partial charge in [0.05, 0.1) is 13.2 Å². The van der Waals surface area contributed by atoms with E-state index in [0.29, 0.717) is 12.8 Å². The molecule has 12 heteroatoms. The Morgan fingerprint density at radius 3 is 1.47 bits per heavy atom. The first-order chi connectivity index (χ1) is 24.6. The molecule has 0 spiro atoms. The van der Waals surface area contributed by atoms with Gasteiger partial charge >= 0.3 is 25.7 Å². The minimum absolute atomic E-state index is 0.151. The number of aliphatic carboxylic acids is 1. The van der Waals surface area contributed by atoms with Gasteiger partial charge in [-0.3, -0.25) is 23.4 Å². The monoisotopic (exact) mass is 745 g/mol. The summed E-state index contributed by atoms with van der Waals surface area (Å²) in [5, 5.41) is 8.86. The van der Waals surface area contributed by atoms with E-state index >= 15 is 0 Å². The van der Waals surface area contributed by atoms with Crippen molar-refractivity contribution in [3.63, 3.8) is 0 Å². The maximum absolute atomic E-state index is 12.6. The highest BCUT2D eigenvalue weighted by Gasteiger charge is 2.28. The van der Waals surface area contributed by atoms with Crippen LogP contribution in [0.25, 0.3) is 0 Å². The Labute approximate surface area is 309 Å². The van der Waals surface area contributed by atoms with Gasteiger partial charge in [-0.25, -0.2) is 4.57 Å². The fraction of sp³-hybridized carbons (Fsp3) is 0.821. The van der Waals surface area contributed by atoms with E-state index in [2.05, 4.69) is 42.7 Å². The minimum Gasteiger partial charge on any atom is -0.480 e. The second-order valence-corrected chi connectivity index (χ2v) is 14.9. The molecule has 1 unspecified atom stereocenters. The summed E-state index contributed by atoms with van der Waals surface area (Å²) in [7, 11) is -4.71. The van der Waals surface area contributed by atoms with E-state index in [1.807, 2.05) is 0 Å². The lowest BCUT2D eigenvalue weighted by Gasteiger charge is -2.20. The summed E-state index contributed by atoms with van der Waals surface area (Å²) in [6, 6.07) is -1.52. The highest BCUT2D eigenvalue weighted by Crippen LogP contribution is 2.43.